The van der Waals surface area contributed by atoms with E-state index in [-0.39, 0.29) is 17.2 Å². The number of rotatable bonds is 11. The number of carbonyl (C=O) groups is 1. The van der Waals surface area contributed by atoms with Crippen LogP contribution in [0.3, 0.4) is 0 Å². The van der Waals surface area contributed by atoms with Crippen LogP contribution in [0.1, 0.15) is 37.8 Å². The molecule has 0 atom stereocenters. The zero-order valence-electron chi connectivity index (χ0n) is 19.5. The van der Waals surface area contributed by atoms with Crippen molar-refractivity contribution in [3.8, 4) is 11.5 Å². The third-order valence-corrected chi connectivity index (χ3v) is 8.78. The normalized spacial score (nSPS) is 11.5. The molecule has 0 aliphatic rings. The van der Waals surface area contributed by atoms with Gasteiger partial charge in [0.05, 0.1) is 28.8 Å². The molecule has 2 aromatic rings. The second kappa shape index (κ2) is 12.1. The van der Waals surface area contributed by atoms with E-state index in [0.29, 0.717) is 48.3 Å². The van der Waals surface area contributed by atoms with E-state index in [1.165, 1.54) is 29.6 Å². The third-order valence-electron chi connectivity index (χ3n) is 5.16. The molecule has 0 aliphatic carbocycles. The second-order valence-corrected chi connectivity index (χ2v) is 10.5. The standard InChI is InChI=1S/C23H30BrClN2O5S/c1-6-27(7-2)33(29,30)17-10-11-19(31-5)18(14-17)26-21(28)9-8-12-32-20-13-15(3)23(25)16(4)22(20)24/h10-11,13-14H,6-9,12H2,1-5H3,(H,26,28). The Morgan fingerprint density at radius 2 is 1.82 bits per heavy atom. The van der Waals surface area contributed by atoms with E-state index in [0.717, 1.165) is 15.6 Å². The molecule has 2 rings (SSSR count). The van der Waals surface area contributed by atoms with E-state index in [1.807, 2.05) is 19.9 Å². The van der Waals surface area contributed by atoms with E-state index in [9.17, 15) is 13.2 Å². The summed E-state index contributed by atoms with van der Waals surface area (Å²) in [6, 6.07) is 6.30. The molecule has 0 heterocycles. The van der Waals surface area contributed by atoms with Gasteiger partial charge in [-0.2, -0.15) is 4.31 Å². The zero-order valence-corrected chi connectivity index (χ0v) is 22.7. The largest absolute Gasteiger partial charge is 0.495 e. The Bertz CT molecular complexity index is 1100. The summed E-state index contributed by atoms with van der Waals surface area (Å²) < 4.78 is 38.9. The lowest BCUT2D eigenvalue weighted by atomic mass is 10.1. The van der Waals surface area contributed by atoms with Crippen LogP contribution in [0.25, 0.3) is 0 Å². The lowest BCUT2D eigenvalue weighted by molar-refractivity contribution is -0.116. The quantitative estimate of drug-likeness (QED) is 0.363. The fourth-order valence-corrected chi connectivity index (χ4v) is 5.47. The molecule has 0 fully saturated rings. The van der Waals surface area contributed by atoms with Gasteiger partial charge in [-0.05, 0) is 71.6 Å². The number of carbonyl (C=O) groups excluding carboxylic acids is 1. The van der Waals surface area contributed by atoms with Crippen LogP contribution in [0, 0.1) is 13.8 Å². The highest BCUT2D eigenvalue weighted by Crippen LogP contribution is 2.36. The smallest absolute Gasteiger partial charge is 0.243 e. The maximum Gasteiger partial charge on any atom is 0.243 e. The van der Waals surface area contributed by atoms with Crippen LogP contribution in [0.15, 0.2) is 33.6 Å². The molecule has 182 valence electrons. The fraction of sp³-hybridized carbons (Fsp3) is 0.435. The van der Waals surface area contributed by atoms with Crippen LogP contribution in [-0.2, 0) is 14.8 Å². The number of nitrogens with one attached hydrogen (secondary N) is 1. The first kappa shape index (κ1) is 27.4. The molecule has 0 aliphatic heterocycles. The molecule has 0 aromatic heterocycles. The summed E-state index contributed by atoms with van der Waals surface area (Å²) >= 11 is 9.74. The van der Waals surface area contributed by atoms with Crippen LogP contribution in [0.5, 0.6) is 11.5 Å². The monoisotopic (exact) mass is 560 g/mol. The van der Waals surface area contributed by atoms with Gasteiger partial charge < -0.3 is 14.8 Å². The lowest BCUT2D eigenvalue weighted by Crippen LogP contribution is -2.30. The molecule has 0 saturated carbocycles. The number of sulfonamides is 1. The predicted octanol–water partition coefficient (Wildman–Crippen LogP) is 5.56. The molecule has 0 bridgehead atoms. The maximum atomic E-state index is 12.8. The number of ether oxygens (including phenoxy) is 2. The first-order chi connectivity index (χ1) is 15.6. The summed E-state index contributed by atoms with van der Waals surface area (Å²) in [5, 5.41) is 3.44. The molecule has 0 unspecified atom stereocenters. The average molecular weight is 562 g/mol. The molecular formula is C23H30BrClN2O5S. The lowest BCUT2D eigenvalue weighted by Gasteiger charge is -2.19. The number of methoxy groups -OCH3 is 1. The summed E-state index contributed by atoms with van der Waals surface area (Å²) in [6.45, 7) is 8.41. The molecule has 2 aromatic carbocycles. The van der Waals surface area contributed by atoms with Crippen molar-refractivity contribution in [2.75, 3.05) is 32.1 Å². The number of halogens is 2. The Labute approximate surface area is 209 Å². The van der Waals surface area contributed by atoms with Crippen molar-refractivity contribution in [2.24, 2.45) is 0 Å². The summed E-state index contributed by atoms with van der Waals surface area (Å²) in [6.07, 6.45) is 0.665. The topological polar surface area (TPSA) is 84.9 Å². The van der Waals surface area contributed by atoms with Gasteiger partial charge in [0.15, 0.2) is 0 Å². The van der Waals surface area contributed by atoms with Gasteiger partial charge in [0.25, 0.3) is 0 Å². The van der Waals surface area contributed by atoms with E-state index < -0.39 is 10.0 Å². The molecule has 0 spiro atoms. The van der Waals surface area contributed by atoms with Gasteiger partial charge in [-0.3, -0.25) is 4.79 Å². The average Bonchev–Trinajstić information content (AvgIpc) is 2.79. The van der Waals surface area contributed by atoms with E-state index in [2.05, 4.69) is 21.2 Å². The fourth-order valence-electron chi connectivity index (χ4n) is 3.29. The first-order valence-corrected chi connectivity index (χ1v) is 13.2. The van der Waals surface area contributed by atoms with Crippen molar-refractivity contribution in [1.29, 1.82) is 0 Å². The summed E-state index contributed by atoms with van der Waals surface area (Å²) in [7, 11) is -2.19. The van der Waals surface area contributed by atoms with Gasteiger partial charge in [0.2, 0.25) is 15.9 Å². The van der Waals surface area contributed by atoms with Crippen molar-refractivity contribution in [3.05, 3.63) is 44.9 Å². The van der Waals surface area contributed by atoms with Crippen molar-refractivity contribution in [2.45, 2.75) is 45.4 Å². The van der Waals surface area contributed by atoms with Crippen molar-refractivity contribution < 1.29 is 22.7 Å². The number of aryl methyl sites for hydroxylation is 1. The third kappa shape index (κ3) is 6.62. The van der Waals surface area contributed by atoms with Crippen molar-refractivity contribution in [3.63, 3.8) is 0 Å². The van der Waals surface area contributed by atoms with E-state index in [4.69, 9.17) is 21.1 Å². The number of hydrogen-bond acceptors (Lipinski definition) is 5. The summed E-state index contributed by atoms with van der Waals surface area (Å²) in [5.74, 6) is 0.789. The van der Waals surface area contributed by atoms with E-state index in [1.54, 1.807) is 13.8 Å². The van der Waals surface area contributed by atoms with Gasteiger partial charge in [-0.15, -0.1) is 0 Å². The van der Waals surface area contributed by atoms with Gasteiger partial charge in [-0.25, -0.2) is 8.42 Å². The zero-order chi connectivity index (χ0) is 24.8. The number of hydrogen-bond donors (Lipinski definition) is 1. The minimum atomic E-state index is -3.66. The highest BCUT2D eigenvalue weighted by molar-refractivity contribution is 9.10. The molecule has 10 heteroatoms. The Kier molecular flexibility index (Phi) is 10.0. The number of benzene rings is 2. The summed E-state index contributed by atoms with van der Waals surface area (Å²) in [5.41, 5.74) is 2.12. The Hall–Kier alpha value is -1.81. The maximum absolute atomic E-state index is 12.8. The van der Waals surface area contributed by atoms with Crippen LogP contribution < -0.4 is 14.8 Å². The molecule has 0 radical (unpaired) electrons. The van der Waals surface area contributed by atoms with Crippen LogP contribution in [0.2, 0.25) is 5.02 Å². The van der Waals surface area contributed by atoms with Crippen LogP contribution in [-0.4, -0.2) is 45.4 Å². The van der Waals surface area contributed by atoms with E-state index >= 15 is 0 Å². The molecule has 1 amide bonds. The summed E-state index contributed by atoms with van der Waals surface area (Å²) in [4.78, 5) is 12.6. The number of amides is 1. The Morgan fingerprint density at radius 1 is 1.15 bits per heavy atom. The van der Waals surface area contributed by atoms with Crippen molar-refractivity contribution in [1.82, 2.24) is 4.31 Å². The van der Waals surface area contributed by atoms with Gasteiger partial charge in [0, 0.05) is 24.5 Å². The molecule has 0 saturated heterocycles. The Balaban J connectivity index is 2.04. The SMILES string of the molecule is CCN(CC)S(=O)(=O)c1ccc(OC)c(NC(=O)CCCOc2cc(C)c(Cl)c(C)c2Br)c1. The molecule has 1 N–H and O–H groups in total. The Morgan fingerprint density at radius 3 is 2.42 bits per heavy atom. The molecular weight excluding hydrogens is 532 g/mol. The van der Waals surface area contributed by atoms with Gasteiger partial charge in [0.1, 0.15) is 11.5 Å². The number of anilines is 1. The highest BCUT2D eigenvalue weighted by Gasteiger charge is 2.23. The van der Waals surface area contributed by atoms with Gasteiger partial charge >= 0.3 is 0 Å². The minimum Gasteiger partial charge on any atom is -0.495 e. The molecule has 33 heavy (non-hydrogen) atoms. The van der Waals surface area contributed by atoms with Gasteiger partial charge in [-0.1, -0.05) is 25.4 Å². The van der Waals surface area contributed by atoms with Crippen LogP contribution >= 0.6 is 27.5 Å². The minimum absolute atomic E-state index is 0.101. The highest BCUT2D eigenvalue weighted by atomic mass is 79.9. The van der Waals surface area contributed by atoms with Crippen LogP contribution in [0.4, 0.5) is 5.69 Å². The predicted molar refractivity (Wildman–Crippen MR) is 135 cm³/mol. The van der Waals surface area contributed by atoms with Crippen molar-refractivity contribution >= 4 is 49.1 Å². The second-order valence-electron chi connectivity index (χ2n) is 7.40. The number of nitrogens with zero attached hydrogens (tertiary/aromatic N) is 1. The molecule has 7 nitrogen and oxygen atoms in total. The first-order valence-electron chi connectivity index (χ1n) is 10.6.